The van der Waals surface area contributed by atoms with Crippen molar-refractivity contribution in [2.45, 2.75) is 31.2 Å². The van der Waals surface area contributed by atoms with E-state index in [1.807, 2.05) is 17.8 Å². The lowest BCUT2D eigenvalue weighted by Crippen LogP contribution is -2.41. The number of rotatable bonds is 6. The third kappa shape index (κ3) is 4.45. The molecule has 0 fully saturated rings. The number of hydrogen-bond donors (Lipinski definition) is 2. The number of hydrogen-bond acceptors (Lipinski definition) is 3. The van der Waals surface area contributed by atoms with Gasteiger partial charge in [-0.15, -0.1) is 11.8 Å². The van der Waals surface area contributed by atoms with Crippen molar-refractivity contribution in [2.75, 3.05) is 5.75 Å². The van der Waals surface area contributed by atoms with Gasteiger partial charge in [0.25, 0.3) is 0 Å². The normalized spacial score (nSPS) is 14.8. The van der Waals surface area contributed by atoms with Crippen LogP contribution in [0.25, 0.3) is 0 Å². The topological polar surface area (TPSA) is 38.0 Å². The second kappa shape index (κ2) is 7.33. The summed E-state index contributed by atoms with van der Waals surface area (Å²) in [6.45, 7) is 4.42. The number of nitrogens with one attached hydrogen (secondary N) is 1. The first-order valence-corrected chi connectivity index (χ1v) is 7.29. The molecule has 4 heteroatoms. The van der Waals surface area contributed by atoms with E-state index in [0.29, 0.717) is 12.0 Å². The zero-order chi connectivity index (χ0) is 12.0. The molecule has 0 amide bonds. The van der Waals surface area contributed by atoms with Gasteiger partial charge in [-0.1, -0.05) is 42.3 Å². The second-order valence-corrected chi connectivity index (χ2v) is 5.94. The van der Waals surface area contributed by atoms with Crippen molar-refractivity contribution in [1.29, 1.82) is 0 Å². The molecule has 0 bridgehead atoms. The van der Waals surface area contributed by atoms with Crippen molar-refractivity contribution in [3.63, 3.8) is 0 Å². The van der Waals surface area contributed by atoms with E-state index in [1.54, 1.807) is 0 Å². The van der Waals surface area contributed by atoms with Gasteiger partial charge in [0, 0.05) is 21.2 Å². The first-order chi connectivity index (χ1) is 7.67. The van der Waals surface area contributed by atoms with Crippen LogP contribution in [0.3, 0.4) is 0 Å². The van der Waals surface area contributed by atoms with Crippen LogP contribution in [0.4, 0.5) is 0 Å². The van der Waals surface area contributed by atoms with Gasteiger partial charge in [-0.3, -0.25) is 11.3 Å². The van der Waals surface area contributed by atoms with Crippen LogP contribution in [-0.4, -0.2) is 11.8 Å². The van der Waals surface area contributed by atoms with Gasteiger partial charge in [0.1, 0.15) is 0 Å². The molecule has 1 aromatic rings. The Balaban J connectivity index is 2.49. The highest BCUT2D eigenvalue weighted by atomic mass is 79.9. The molecule has 0 spiro atoms. The maximum absolute atomic E-state index is 5.57. The largest absolute Gasteiger partial charge is 0.271 e. The lowest BCUT2D eigenvalue weighted by atomic mass is 10.0. The third-order valence-electron chi connectivity index (χ3n) is 2.77. The summed E-state index contributed by atoms with van der Waals surface area (Å²) >= 11 is 5.31. The van der Waals surface area contributed by atoms with Crippen LogP contribution in [0.15, 0.2) is 33.6 Å². The quantitative estimate of drug-likeness (QED) is 0.480. The highest BCUT2D eigenvalue weighted by Gasteiger charge is 2.14. The Morgan fingerprint density at radius 3 is 2.81 bits per heavy atom. The Morgan fingerprint density at radius 2 is 2.25 bits per heavy atom. The van der Waals surface area contributed by atoms with Gasteiger partial charge in [-0.25, -0.2) is 0 Å². The van der Waals surface area contributed by atoms with E-state index >= 15 is 0 Å². The Bertz CT molecular complexity index is 320. The third-order valence-corrected chi connectivity index (χ3v) is 4.38. The molecule has 0 saturated carbocycles. The lowest BCUT2D eigenvalue weighted by Gasteiger charge is -2.21. The fourth-order valence-corrected chi connectivity index (χ4v) is 3.14. The average Bonchev–Trinajstić information content (AvgIpc) is 2.29. The highest BCUT2D eigenvalue weighted by Crippen LogP contribution is 2.24. The van der Waals surface area contributed by atoms with E-state index in [1.165, 1.54) is 4.90 Å². The Labute approximate surface area is 110 Å². The lowest BCUT2D eigenvalue weighted by molar-refractivity contribution is 0.403. The first-order valence-electron chi connectivity index (χ1n) is 5.51. The summed E-state index contributed by atoms with van der Waals surface area (Å²) in [6, 6.07) is 8.72. The van der Waals surface area contributed by atoms with Crippen LogP contribution in [0.2, 0.25) is 0 Å². The molecule has 0 saturated heterocycles. The van der Waals surface area contributed by atoms with Crippen molar-refractivity contribution in [3.05, 3.63) is 28.7 Å². The van der Waals surface area contributed by atoms with Gasteiger partial charge < -0.3 is 0 Å². The minimum atomic E-state index is 0.369. The maximum Gasteiger partial charge on any atom is 0.0330 e. The number of thioether (sulfide) groups is 1. The molecule has 2 nitrogen and oxygen atoms in total. The zero-order valence-electron chi connectivity index (χ0n) is 9.74. The summed E-state index contributed by atoms with van der Waals surface area (Å²) in [4.78, 5) is 1.28. The van der Waals surface area contributed by atoms with E-state index in [9.17, 15) is 0 Å². The van der Waals surface area contributed by atoms with Crippen LogP contribution >= 0.6 is 27.7 Å². The molecule has 1 rings (SSSR count). The van der Waals surface area contributed by atoms with Gasteiger partial charge in [0.2, 0.25) is 0 Å². The van der Waals surface area contributed by atoms with Gasteiger partial charge in [0.05, 0.1) is 0 Å². The molecule has 0 aliphatic rings. The summed E-state index contributed by atoms with van der Waals surface area (Å²) in [7, 11) is 0. The molecule has 1 aromatic carbocycles. The monoisotopic (exact) mass is 302 g/mol. The van der Waals surface area contributed by atoms with Crippen molar-refractivity contribution in [1.82, 2.24) is 5.43 Å². The van der Waals surface area contributed by atoms with Crippen molar-refractivity contribution in [3.8, 4) is 0 Å². The molecular formula is C12H19BrN2S. The standard InChI is InChI=1S/C12H19BrN2S/c1-3-9(2)12(15-14)8-16-11-6-4-5-10(13)7-11/h4-7,9,12,15H,3,8,14H2,1-2H3. The molecule has 0 aromatic heterocycles. The molecule has 0 aliphatic heterocycles. The molecule has 16 heavy (non-hydrogen) atoms. The van der Waals surface area contributed by atoms with E-state index in [2.05, 4.69) is 53.4 Å². The zero-order valence-corrected chi connectivity index (χ0v) is 12.1. The Hall–Kier alpha value is -0.0300. The number of hydrazine groups is 1. The summed E-state index contributed by atoms with van der Waals surface area (Å²) in [6.07, 6.45) is 1.15. The smallest absolute Gasteiger partial charge is 0.0330 e. The molecule has 2 atom stereocenters. The molecule has 0 radical (unpaired) electrons. The summed E-state index contributed by atoms with van der Waals surface area (Å²) in [5.74, 6) is 7.17. The van der Waals surface area contributed by atoms with Crippen LogP contribution in [-0.2, 0) is 0 Å². The maximum atomic E-state index is 5.57. The van der Waals surface area contributed by atoms with E-state index in [0.717, 1.165) is 16.6 Å². The van der Waals surface area contributed by atoms with Gasteiger partial charge in [-0.05, 0) is 24.1 Å². The van der Waals surface area contributed by atoms with Gasteiger partial charge >= 0.3 is 0 Å². The van der Waals surface area contributed by atoms with Crippen molar-refractivity contribution >= 4 is 27.7 Å². The predicted molar refractivity (Wildman–Crippen MR) is 75.4 cm³/mol. The summed E-state index contributed by atoms with van der Waals surface area (Å²) in [5, 5.41) is 0. The van der Waals surface area contributed by atoms with Crippen LogP contribution in [0.1, 0.15) is 20.3 Å². The fraction of sp³-hybridized carbons (Fsp3) is 0.500. The Morgan fingerprint density at radius 1 is 1.50 bits per heavy atom. The molecule has 0 heterocycles. The van der Waals surface area contributed by atoms with E-state index < -0.39 is 0 Å². The molecule has 2 unspecified atom stereocenters. The first kappa shape index (κ1) is 14.0. The predicted octanol–water partition coefficient (Wildman–Crippen LogP) is 3.42. The fourth-order valence-electron chi connectivity index (χ4n) is 1.40. The van der Waals surface area contributed by atoms with Crippen LogP contribution in [0, 0.1) is 5.92 Å². The number of benzene rings is 1. The Kier molecular flexibility index (Phi) is 6.43. The van der Waals surface area contributed by atoms with Crippen molar-refractivity contribution < 1.29 is 0 Å². The SMILES string of the molecule is CCC(C)C(CSc1cccc(Br)c1)NN. The highest BCUT2D eigenvalue weighted by molar-refractivity contribution is 9.10. The van der Waals surface area contributed by atoms with Gasteiger partial charge in [0.15, 0.2) is 0 Å². The molecule has 90 valence electrons. The van der Waals surface area contributed by atoms with E-state index in [4.69, 9.17) is 5.84 Å². The molecule has 0 aliphatic carbocycles. The molecular weight excluding hydrogens is 284 g/mol. The molecule has 3 N–H and O–H groups in total. The summed E-state index contributed by atoms with van der Waals surface area (Å²) < 4.78 is 1.12. The second-order valence-electron chi connectivity index (χ2n) is 3.93. The summed E-state index contributed by atoms with van der Waals surface area (Å²) in [5.41, 5.74) is 2.91. The van der Waals surface area contributed by atoms with Gasteiger partial charge in [-0.2, -0.15) is 0 Å². The average molecular weight is 303 g/mol. The minimum absolute atomic E-state index is 0.369. The minimum Gasteiger partial charge on any atom is -0.271 e. The van der Waals surface area contributed by atoms with Crippen LogP contribution < -0.4 is 11.3 Å². The van der Waals surface area contributed by atoms with Crippen molar-refractivity contribution in [2.24, 2.45) is 11.8 Å². The number of halogens is 1. The van der Waals surface area contributed by atoms with Crippen LogP contribution in [0.5, 0.6) is 0 Å². The number of nitrogens with two attached hydrogens (primary N) is 1. The van der Waals surface area contributed by atoms with E-state index in [-0.39, 0.29) is 0 Å².